The molecule has 36 nitrogen and oxygen atoms in total. The smallest absolute Gasteiger partial charge is 0.217 e. The molecule has 0 aromatic rings. The van der Waals surface area contributed by atoms with E-state index in [9.17, 15) is 107 Å². The van der Waals surface area contributed by atoms with Crippen molar-refractivity contribution < 1.29 is 168 Å². The van der Waals surface area contributed by atoms with Gasteiger partial charge in [-0.25, -0.2) is 0 Å². The van der Waals surface area contributed by atoms with Gasteiger partial charge in [-0.15, -0.1) is 0 Å². The van der Waals surface area contributed by atoms with Crippen LogP contribution in [-0.4, -0.2) is 357 Å². The maximum Gasteiger partial charge on any atom is 0.217 e. The lowest BCUT2D eigenvalue weighted by atomic mass is 9.93. The van der Waals surface area contributed by atoms with Crippen molar-refractivity contribution in [3.8, 4) is 0 Å². The lowest BCUT2D eigenvalue weighted by Crippen LogP contribution is -2.71. The summed E-state index contributed by atoms with van der Waals surface area (Å²) < 4.78 is 76.4. The second-order valence-electron chi connectivity index (χ2n) is 20.6. The minimum Gasteiger partial charge on any atom is -0.394 e. The number of hydrogen-bond acceptors (Lipinski definition) is 34. The van der Waals surface area contributed by atoms with Crippen molar-refractivity contribution in [2.24, 2.45) is 0 Å². The largest absolute Gasteiger partial charge is 0.394 e. The molecule has 34 atom stereocenters. The van der Waals surface area contributed by atoms with E-state index in [0.717, 1.165) is 13.8 Å². The fourth-order valence-electron chi connectivity index (χ4n) is 10.3. The van der Waals surface area contributed by atoms with Crippen LogP contribution in [0.3, 0.4) is 0 Å². The van der Waals surface area contributed by atoms with Crippen LogP contribution in [-0.2, 0) is 71.2 Å². The normalized spacial score (nSPS) is 50.8. The Morgan fingerprint density at radius 1 is 0.395 bits per heavy atom. The zero-order valence-electron chi connectivity index (χ0n) is 43.5. The van der Waals surface area contributed by atoms with Crippen molar-refractivity contribution in [3.05, 3.63) is 0 Å². The standard InChI is InChI=1S/C45H76N2O34/c1-10-21(55)27(61)32(66)43(71-10)79-36-20(47-12(3)53)39(68)72-17(7-51)35(36)78-40-19(46-11(2)52)26(60)34(16(6-50)75-40)77-45-38(81-42-30(64)22(56)13(54)8-69-42)37(80-44-33(67)29(63)24(58)15(5-49)74-44)25(59)18(76-45)9-70-41-31(65)28(62)23(57)14(4-48)73-41/h10,13-45,48-51,54-68H,4-9H2,1-3H3,(H,46,52)(H,47,53)/t10-,13+,14+,15+,16+,17+,18+,19+,20+,21+,22-,23+,24+,25+,26+,27+,28-,29-,30+,31-,32-,33-,34+,35+,36+,37-,38-,39+,40-,41-,42-,43-,44+,45-/m0/s1. The van der Waals surface area contributed by atoms with Crippen LogP contribution < -0.4 is 10.6 Å². The molecular weight excluding hydrogens is 1110 g/mol. The third kappa shape index (κ3) is 14.4. The van der Waals surface area contributed by atoms with Gasteiger partial charge in [0.2, 0.25) is 11.8 Å². The highest BCUT2D eigenvalue weighted by atomic mass is 16.8. The fourth-order valence-corrected chi connectivity index (χ4v) is 10.3. The van der Waals surface area contributed by atoms with Crippen LogP contribution in [0.1, 0.15) is 20.8 Å². The summed E-state index contributed by atoms with van der Waals surface area (Å²) >= 11 is 0. The first-order chi connectivity index (χ1) is 38.3. The number of rotatable bonds is 19. The van der Waals surface area contributed by atoms with E-state index in [1.165, 1.54) is 6.92 Å². The number of aliphatic hydroxyl groups is 19. The predicted octanol–water partition coefficient (Wildman–Crippen LogP) is -14.3. The van der Waals surface area contributed by atoms with E-state index in [1.54, 1.807) is 0 Å². The Bertz CT molecular complexity index is 1990. The van der Waals surface area contributed by atoms with Gasteiger partial charge in [-0.3, -0.25) is 9.59 Å². The SMILES string of the molecule is CC(=O)N[C@@H]1[C@@H](O[C@@H]2O[C@@H](C)[C@@H](O)[C@@H](O)[C@@H]2O)[C@H](O[C@@H]2O[C@H](CO)[C@@H](O[C@@H]3O[C@H](CO[C@H]4O[C@H](CO)[C@@H](O)[C@H](O)[C@@H]4O)[C@@H](O)[C@H](O[C@H]4O[C@H](CO)[C@@H](O)[C@H](O)[C@@H]4O)[C@@H]3O[C@@H]3OC[C@@H](O)[C@H](O)[C@H]3O)[C@H](O)[C@H]2NC(C)=O)[C@@H](CO)O[C@H]1O. The van der Waals surface area contributed by atoms with Crippen molar-refractivity contribution in [1.82, 2.24) is 10.6 Å². The van der Waals surface area contributed by atoms with Crippen LogP contribution in [0.4, 0.5) is 0 Å². The number of ether oxygens (including phenoxy) is 13. The van der Waals surface area contributed by atoms with Crippen LogP contribution in [0.5, 0.6) is 0 Å². The summed E-state index contributed by atoms with van der Waals surface area (Å²) in [7, 11) is 0. The average molecular weight is 1190 g/mol. The third-order valence-corrected chi connectivity index (χ3v) is 14.9. The number of carbonyl (C=O) groups is 2. The average Bonchev–Trinajstić information content (AvgIpc) is 3.63. The predicted molar refractivity (Wildman–Crippen MR) is 248 cm³/mol. The van der Waals surface area contributed by atoms with Gasteiger partial charge < -0.3 is 169 Å². The molecule has 36 heteroatoms. The van der Waals surface area contributed by atoms with Crippen molar-refractivity contribution in [3.63, 3.8) is 0 Å². The molecular formula is C45H76N2O34. The molecule has 0 aliphatic carbocycles. The number of amides is 2. The number of nitrogens with one attached hydrogen (secondary N) is 2. The van der Waals surface area contributed by atoms with E-state index in [1.807, 2.05) is 0 Å². The van der Waals surface area contributed by atoms with Gasteiger partial charge in [0.15, 0.2) is 44.0 Å². The Hall–Kier alpha value is -2.34. The Balaban J connectivity index is 1.25. The second kappa shape index (κ2) is 28.4. The molecule has 7 aliphatic rings. The van der Waals surface area contributed by atoms with Crippen LogP contribution in [0.25, 0.3) is 0 Å². The molecule has 2 amide bonds. The molecule has 7 fully saturated rings. The lowest BCUT2D eigenvalue weighted by Gasteiger charge is -2.52. The molecule has 470 valence electrons. The first-order valence-electron chi connectivity index (χ1n) is 25.9. The second-order valence-corrected chi connectivity index (χ2v) is 20.6. The van der Waals surface area contributed by atoms with Gasteiger partial charge in [0.05, 0.1) is 45.7 Å². The van der Waals surface area contributed by atoms with Crippen LogP contribution in [0.15, 0.2) is 0 Å². The summed E-state index contributed by atoms with van der Waals surface area (Å²) in [6.07, 6.45) is -61.9. The van der Waals surface area contributed by atoms with Crippen LogP contribution in [0.2, 0.25) is 0 Å². The molecule has 7 rings (SSSR count). The Labute approximate surface area is 459 Å². The first-order valence-corrected chi connectivity index (χ1v) is 25.9. The Kier molecular flexibility index (Phi) is 23.2. The zero-order valence-corrected chi connectivity index (χ0v) is 43.5. The summed E-state index contributed by atoms with van der Waals surface area (Å²) in [4.78, 5) is 25.5. The first kappa shape index (κ1) is 66.2. The summed E-state index contributed by atoms with van der Waals surface area (Å²) in [5.74, 6) is -1.70. The molecule has 0 aromatic heterocycles. The van der Waals surface area contributed by atoms with Crippen molar-refractivity contribution in [2.45, 2.75) is 229 Å². The van der Waals surface area contributed by atoms with Gasteiger partial charge in [-0.1, -0.05) is 0 Å². The van der Waals surface area contributed by atoms with E-state index in [2.05, 4.69) is 10.6 Å². The maximum atomic E-state index is 13.0. The van der Waals surface area contributed by atoms with Gasteiger partial charge in [-0.2, -0.15) is 0 Å². The summed E-state index contributed by atoms with van der Waals surface area (Å²) in [5.41, 5.74) is 0. The molecule has 0 radical (unpaired) electrons. The molecule has 0 saturated carbocycles. The number of aliphatic hydroxyl groups excluding tert-OH is 19. The number of hydrogen-bond donors (Lipinski definition) is 21. The van der Waals surface area contributed by atoms with Crippen molar-refractivity contribution >= 4 is 11.8 Å². The van der Waals surface area contributed by atoms with Gasteiger partial charge in [0.25, 0.3) is 0 Å². The maximum absolute atomic E-state index is 13.0. The van der Waals surface area contributed by atoms with E-state index in [-0.39, 0.29) is 0 Å². The molecule has 7 heterocycles. The van der Waals surface area contributed by atoms with E-state index >= 15 is 0 Å². The van der Waals surface area contributed by atoms with Crippen molar-refractivity contribution in [2.75, 3.05) is 39.6 Å². The molecule has 81 heavy (non-hydrogen) atoms. The number of carbonyl (C=O) groups excluding carboxylic acids is 2. The Morgan fingerprint density at radius 2 is 0.840 bits per heavy atom. The highest BCUT2D eigenvalue weighted by molar-refractivity contribution is 5.73. The van der Waals surface area contributed by atoms with Crippen LogP contribution >= 0.6 is 0 Å². The van der Waals surface area contributed by atoms with Gasteiger partial charge >= 0.3 is 0 Å². The van der Waals surface area contributed by atoms with E-state index < -0.39 is 260 Å². The van der Waals surface area contributed by atoms with Gasteiger partial charge in [0.1, 0.15) is 159 Å². The summed E-state index contributed by atoms with van der Waals surface area (Å²) in [5, 5.41) is 210. The van der Waals surface area contributed by atoms with Gasteiger partial charge in [0, 0.05) is 13.8 Å². The Morgan fingerprint density at radius 3 is 1.42 bits per heavy atom. The molecule has 0 bridgehead atoms. The van der Waals surface area contributed by atoms with Crippen molar-refractivity contribution in [1.29, 1.82) is 0 Å². The quantitative estimate of drug-likeness (QED) is 0.0571. The molecule has 0 aromatic carbocycles. The minimum atomic E-state index is -2.26. The van der Waals surface area contributed by atoms with Gasteiger partial charge in [-0.05, 0) is 6.92 Å². The summed E-state index contributed by atoms with van der Waals surface area (Å²) in [6, 6.07) is -3.57. The third-order valence-electron chi connectivity index (χ3n) is 14.9. The molecule has 0 spiro atoms. The van der Waals surface area contributed by atoms with E-state index in [0.29, 0.717) is 0 Å². The van der Waals surface area contributed by atoms with E-state index in [4.69, 9.17) is 61.6 Å². The molecule has 7 saturated heterocycles. The molecule has 0 unspecified atom stereocenters. The minimum absolute atomic E-state index is 0.710. The zero-order chi connectivity index (χ0) is 59.6. The molecule has 21 N–H and O–H groups in total. The highest BCUT2D eigenvalue weighted by Gasteiger charge is 2.59. The van der Waals surface area contributed by atoms with Crippen LogP contribution in [0, 0.1) is 0 Å². The fraction of sp³-hybridized carbons (Fsp3) is 0.956. The summed E-state index contributed by atoms with van der Waals surface area (Å²) in [6.45, 7) is -2.40. The lowest BCUT2D eigenvalue weighted by molar-refractivity contribution is -0.405. The molecule has 7 aliphatic heterocycles. The monoisotopic (exact) mass is 1190 g/mol. The topological polar surface area (TPSA) is 563 Å². The highest BCUT2D eigenvalue weighted by Crippen LogP contribution is 2.38.